The minimum Gasteiger partial charge on any atom is -0.313 e. The normalized spacial score (nSPS) is 12.2. The summed E-state index contributed by atoms with van der Waals surface area (Å²) >= 11 is 0. The van der Waals surface area contributed by atoms with E-state index in [-0.39, 0.29) is 6.54 Å². The quantitative estimate of drug-likeness (QED) is 0.601. The van der Waals surface area contributed by atoms with E-state index in [0.717, 1.165) is 31.5 Å². The lowest BCUT2D eigenvalue weighted by Crippen LogP contribution is -2.16. The van der Waals surface area contributed by atoms with Crippen LogP contribution in [0, 0.1) is 11.7 Å². The summed E-state index contributed by atoms with van der Waals surface area (Å²) in [6.45, 7) is 5.19. The van der Waals surface area contributed by atoms with Crippen LogP contribution in [-0.4, -0.2) is 6.54 Å². The molecule has 0 aliphatic heterocycles. The Balaban J connectivity index is 2.52. The second kappa shape index (κ2) is 6.89. The van der Waals surface area contributed by atoms with Gasteiger partial charge in [-0.2, -0.15) is 13.2 Å². The molecule has 0 heterocycles. The van der Waals surface area contributed by atoms with Crippen LogP contribution in [0.3, 0.4) is 0 Å². The maximum atomic E-state index is 13.1. The number of hydrogen-bond donors (Lipinski definition) is 1. The third kappa shape index (κ3) is 6.05. The molecule has 108 valence electrons. The van der Waals surface area contributed by atoms with Crippen molar-refractivity contribution in [1.29, 1.82) is 0 Å². The van der Waals surface area contributed by atoms with Gasteiger partial charge in [-0.1, -0.05) is 13.8 Å². The second-order valence-corrected chi connectivity index (χ2v) is 5.06. The van der Waals surface area contributed by atoms with E-state index in [0.29, 0.717) is 17.5 Å². The minimum absolute atomic E-state index is 0.249. The fourth-order valence-electron chi connectivity index (χ4n) is 1.78. The van der Waals surface area contributed by atoms with E-state index in [9.17, 15) is 17.6 Å². The monoisotopic (exact) mass is 277 g/mol. The Kier molecular flexibility index (Phi) is 5.79. The zero-order valence-electron chi connectivity index (χ0n) is 11.1. The molecular formula is C14H19F4N. The highest BCUT2D eigenvalue weighted by atomic mass is 19.4. The van der Waals surface area contributed by atoms with Gasteiger partial charge in [0.25, 0.3) is 0 Å². The van der Waals surface area contributed by atoms with Crippen LogP contribution in [0.25, 0.3) is 0 Å². The van der Waals surface area contributed by atoms with Crippen molar-refractivity contribution in [3.8, 4) is 0 Å². The van der Waals surface area contributed by atoms with Gasteiger partial charge in [0.05, 0.1) is 5.56 Å². The Morgan fingerprint density at radius 1 is 1.16 bits per heavy atom. The van der Waals surface area contributed by atoms with Gasteiger partial charge in [-0.3, -0.25) is 0 Å². The zero-order valence-corrected chi connectivity index (χ0v) is 11.1. The SMILES string of the molecule is CC(C)CCCNCc1cc(F)cc(C(F)(F)F)c1. The number of rotatable bonds is 6. The topological polar surface area (TPSA) is 12.0 Å². The lowest BCUT2D eigenvalue weighted by atomic mass is 10.1. The smallest absolute Gasteiger partial charge is 0.313 e. The first-order chi connectivity index (χ1) is 8.79. The van der Waals surface area contributed by atoms with Crippen LogP contribution in [-0.2, 0) is 12.7 Å². The van der Waals surface area contributed by atoms with Crippen molar-refractivity contribution < 1.29 is 17.6 Å². The maximum absolute atomic E-state index is 13.1. The molecule has 0 bridgehead atoms. The molecule has 0 amide bonds. The van der Waals surface area contributed by atoms with Crippen molar-refractivity contribution in [2.45, 2.75) is 39.4 Å². The van der Waals surface area contributed by atoms with Gasteiger partial charge >= 0.3 is 6.18 Å². The first-order valence-corrected chi connectivity index (χ1v) is 6.36. The van der Waals surface area contributed by atoms with E-state index in [1.54, 1.807) is 0 Å². The summed E-state index contributed by atoms with van der Waals surface area (Å²) in [5.41, 5.74) is -0.622. The Labute approximate surface area is 111 Å². The summed E-state index contributed by atoms with van der Waals surface area (Å²) in [6, 6.07) is 2.63. The van der Waals surface area contributed by atoms with Crippen molar-refractivity contribution in [2.75, 3.05) is 6.54 Å². The maximum Gasteiger partial charge on any atom is 0.416 e. The third-order valence-electron chi connectivity index (χ3n) is 2.75. The molecule has 0 aromatic heterocycles. The Morgan fingerprint density at radius 2 is 1.84 bits per heavy atom. The molecule has 0 aliphatic carbocycles. The fraction of sp³-hybridized carbons (Fsp3) is 0.571. The van der Waals surface area contributed by atoms with Crippen LogP contribution in [0.1, 0.15) is 37.8 Å². The predicted molar refractivity (Wildman–Crippen MR) is 67.2 cm³/mol. The average molecular weight is 277 g/mol. The van der Waals surface area contributed by atoms with Gasteiger partial charge in [0.2, 0.25) is 0 Å². The second-order valence-electron chi connectivity index (χ2n) is 5.06. The lowest BCUT2D eigenvalue weighted by Gasteiger charge is -2.10. The van der Waals surface area contributed by atoms with Crippen molar-refractivity contribution in [3.63, 3.8) is 0 Å². The Morgan fingerprint density at radius 3 is 2.42 bits per heavy atom. The van der Waals surface area contributed by atoms with Crippen LogP contribution in [0.4, 0.5) is 17.6 Å². The van der Waals surface area contributed by atoms with Gasteiger partial charge < -0.3 is 5.32 Å². The van der Waals surface area contributed by atoms with E-state index in [4.69, 9.17) is 0 Å². The third-order valence-corrected chi connectivity index (χ3v) is 2.75. The molecule has 1 rings (SSSR count). The molecule has 0 atom stereocenters. The molecule has 5 heteroatoms. The highest BCUT2D eigenvalue weighted by molar-refractivity contribution is 5.26. The molecule has 0 radical (unpaired) electrons. The molecule has 0 aliphatic rings. The van der Waals surface area contributed by atoms with E-state index in [1.807, 2.05) is 0 Å². The molecule has 0 fully saturated rings. The van der Waals surface area contributed by atoms with E-state index in [1.165, 1.54) is 0 Å². The first-order valence-electron chi connectivity index (χ1n) is 6.36. The van der Waals surface area contributed by atoms with Gasteiger partial charge in [0.1, 0.15) is 5.82 Å². The van der Waals surface area contributed by atoms with Crippen LogP contribution < -0.4 is 5.32 Å². The lowest BCUT2D eigenvalue weighted by molar-refractivity contribution is -0.137. The largest absolute Gasteiger partial charge is 0.416 e. The number of hydrogen-bond acceptors (Lipinski definition) is 1. The number of nitrogens with one attached hydrogen (secondary N) is 1. The van der Waals surface area contributed by atoms with Gasteiger partial charge in [-0.25, -0.2) is 4.39 Å². The number of benzene rings is 1. The number of alkyl halides is 3. The molecular weight excluding hydrogens is 258 g/mol. The molecule has 0 unspecified atom stereocenters. The Bertz CT molecular complexity index is 399. The van der Waals surface area contributed by atoms with Crippen molar-refractivity contribution in [2.24, 2.45) is 5.92 Å². The Hall–Kier alpha value is -1.10. The molecule has 1 aromatic carbocycles. The molecule has 1 nitrogen and oxygen atoms in total. The summed E-state index contributed by atoms with van der Waals surface area (Å²) in [4.78, 5) is 0. The average Bonchev–Trinajstić information content (AvgIpc) is 2.26. The fourth-order valence-corrected chi connectivity index (χ4v) is 1.78. The van der Waals surface area contributed by atoms with E-state index >= 15 is 0 Å². The van der Waals surface area contributed by atoms with E-state index in [2.05, 4.69) is 19.2 Å². The highest BCUT2D eigenvalue weighted by Gasteiger charge is 2.31. The van der Waals surface area contributed by atoms with Crippen molar-refractivity contribution >= 4 is 0 Å². The summed E-state index contributed by atoms with van der Waals surface area (Å²) in [7, 11) is 0. The molecule has 0 saturated heterocycles. The van der Waals surface area contributed by atoms with Crippen LogP contribution in [0.2, 0.25) is 0 Å². The number of halogens is 4. The zero-order chi connectivity index (χ0) is 14.5. The van der Waals surface area contributed by atoms with Crippen LogP contribution in [0.15, 0.2) is 18.2 Å². The summed E-state index contributed by atoms with van der Waals surface area (Å²) in [5, 5.41) is 3.03. The summed E-state index contributed by atoms with van der Waals surface area (Å²) in [6.07, 6.45) is -2.49. The van der Waals surface area contributed by atoms with Crippen molar-refractivity contribution in [1.82, 2.24) is 5.32 Å². The van der Waals surface area contributed by atoms with Crippen molar-refractivity contribution in [3.05, 3.63) is 35.1 Å². The molecule has 0 spiro atoms. The molecule has 19 heavy (non-hydrogen) atoms. The van der Waals surface area contributed by atoms with Gasteiger partial charge in [0, 0.05) is 6.54 Å². The minimum atomic E-state index is -4.51. The summed E-state index contributed by atoms with van der Waals surface area (Å²) in [5.74, 6) is -0.249. The van der Waals surface area contributed by atoms with Gasteiger partial charge in [0.15, 0.2) is 0 Å². The highest BCUT2D eigenvalue weighted by Crippen LogP contribution is 2.30. The molecule has 1 N–H and O–H groups in total. The van der Waals surface area contributed by atoms with Gasteiger partial charge in [-0.15, -0.1) is 0 Å². The van der Waals surface area contributed by atoms with Crippen LogP contribution >= 0.6 is 0 Å². The summed E-state index contributed by atoms with van der Waals surface area (Å²) < 4.78 is 50.6. The van der Waals surface area contributed by atoms with E-state index < -0.39 is 17.6 Å². The molecule has 1 aromatic rings. The standard InChI is InChI=1S/C14H19F4N/c1-10(2)4-3-5-19-9-11-6-12(14(16,17)18)8-13(15)7-11/h6-8,10,19H,3-5,9H2,1-2H3. The molecule has 0 saturated carbocycles. The van der Waals surface area contributed by atoms with Crippen LogP contribution in [0.5, 0.6) is 0 Å². The predicted octanol–water partition coefficient (Wildman–Crippen LogP) is 4.37. The van der Waals surface area contributed by atoms with Gasteiger partial charge in [-0.05, 0) is 49.1 Å². The first kappa shape index (κ1) is 16.0.